The van der Waals surface area contributed by atoms with E-state index in [1.165, 1.54) is 25.7 Å². The van der Waals surface area contributed by atoms with Crippen molar-refractivity contribution in [2.24, 2.45) is 11.8 Å². The van der Waals surface area contributed by atoms with Gasteiger partial charge in [0.1, 0.15) is 0 Å². The lowest BCUT2D eigenvalue weighted by molar-refractivity contribution is -0.385. The molecule has 5 heteroatoms. The molecule has 2 aliphatic rings. The van der Waals surface area contributed by atoms with Crippen molar-refractivity contribution in [1.82, 2.24) is 0 Å². The average Bonchev–Trinajstić information content (AvgIpc) is 3.32. The fourth-order valence-electron chi connectivity index (χ4n) is 2.56. The first kappa shape index (κ1) is 13.7. The first-order valence-electron chi connectivity index (χ1n) is 7.25. The van der Waals surface area contributed by atoms with Crippen LogP contribution in [0.3, 0.4) is 0 Å². The highest BCUT2D eigenvalue weighted by Gasteiger charge is 2.29. The van der Waals surface area contributed by atoms with Crippen molar-refractivity contribution in [2.45, 2.75) is 31.6 Å². The fraction of sp³-hybridized carbons (Fsp3) is 0.600. The third-order valence-corrected chi connectivity index (χ3v) is 4.41. The van der Waals surface area contributed by atoms with Gasteiger partial charge in [0.05, 0.1) is 10.8 Å². The zero-order valence-electron chi connectivity index (χ0n) is 11.4. The summed E-state index contributed by atoms with van der Waals surface area (Å²) in [5.74, 6) is 1.80. The Morgan fingerprint density at radius 1 is 1.20 bits per heavy atom. The van der Waals surface area contributed by atoms with Crippen LogP contribution in [0, 0.1) is 22.0 Å². The predicted octanol–water partition coefficient (Wildman–Crippen LogP) is 3.96. The van der Waals surface area contributed by atoms with Crippen molar-refractivity contribution in [3.05, 3.63) is 33.9 Å². The Kier molecular flexibility index (Phi) is 3.83. The van der Waals surface area contributed by atoms with Gasteiger partial charge in [-0.05, 0) is 49.7 Å². The van der Waals surface area contributed by atoms with Crippen molar-refractivity contribution >= 4 is 23.0 Å². The van der Waals surface area contributed by atoms with E-state index >= 15 is 0 Å². The molecule has 1 aromatic carbocycles. The van der Waals surface area contributed by atoms with Gasteiger partial charge in [0, 0.05) is 30.4 Å². The molecule has 3 rings (SSSR count). The smallest absolute Gasteiger partial charge is 0.273 e. The van der Waals surface area contributed by atoms with E-state index in [0.717, 1.165) is 30.6 Å². The maximum absolute atomic E-state index is 11.0. The van der Waals surface area contributed by atoms with Crippen molar-refractivity contribution < 1.29 is 4.92 Å². The minimum atomic E-state index is -0.354. The molecule has 0 atom stereocenters. The molecule has 4 nitrogen and oxygen atoms in total. The van der Waals surface area contributed by atoms with Gasteiger partial charge in [0.2, 0.25) is 0 Å². The molecule has 108 valence electrons. The Morgan fingerprint density at radius 3 is 2.25 bits per heavy atom. The second-order valence-electron chi connectivity index (χ2n) is 6.00. The highest BCUT2D eigenvalue weighted by molar-refractivity contribution is 6.17. The molecule has 0 aliphatic heterocycles. The van der Waals surface area contributed by atoms with Crippen LogP contribution in [0.5, 0.6) is 0 Å². The van der Waals surface area contributed by atoms with E-state index in [4.69, 9.17) is 11.6 Å². The standard InChI is InChI=1S/C15H19ClN2O2/c16-8-13-7-14(5-6-15(13)18(19)20)17(9-11-1-2-11)10-12-3-4-12/h5-7,11-12H,1-4,8-10H2. The number of alkyl halides is 1. The molecule has 0 heterocycles. The molecule has 2 fully saturated rings. The summed E-state index contributed by atoms with van der Waals surface area (Å²) in [6.45, 7) is 2.16. The first-order chi connectivity index (χ1) is 9.67. The molecule has 1 aromatic rings. The molecule has 2 aliphatic carbocycles. The number of anilines is 1. The van der Waals surface area contributed by atoms with Crippen LogP contribution >= 0.6 is 11.6 Å². The molecule has 0 radical (unpaired) electrons. The minimum Gasteiger partial charge on any atom is -0.371 e. The van der Waals surface area contributed by atoms with Gasteiger partial charge in [-0.1, -0.05) is 0 Å². The lowest BCUT2D eigenvalue weighted by Crippen LogP contribution is -2.28. The van der Waals surface area contributed by atoms with E-state index in [9.17, 15) is 10.1 Å². The summed E-state index contributed by atoms with van der Waals surface area (Å²) < 4.78 is 0. The quantitative estimate of drug-likeness (QED) is 0.434. The maximum atomic E-state index is 11.0. The topological polar surface area (TPSA) is 46.4 Å². The van der Waals surface area contributed by atoms with E-state index in [0.29, 0.717) is 5.56 Å². The molecule has 0 spiro atoms. The monoisotopic (exact) mass is 294 g/mol. The van der Waals surface area contributed by atoms with E-state index in [1.54, 1.807) is 6.07 Å². The van der Waals surface area contributed by atoms with E-state index in [1.807, 2.05) is 12.1 Å². The van der Waals surface area contributed by atoms with Crippen molar-refractivity contribution in [3.8, 4) is 0 Å². The zero-order valence-corrected chi connectivity index (χ0v) is 12.2. The maximum Gasteiger partial charge on any atom is 0.273 e. The van der Waals surface area contributed by atoms with Gasteiger partial charge in [0.25, 0.3) is 5.69 Å². The Labute approximate surface area is 123 Å². The molecule has 0 N–H and O–H groups in total. The number of rotatable bonds is 7. The van der Waals surface area contributed by atoms with Crippen LogP contribution in [-0.4, -0.2) is 18.0 Å². The minimum absolute atomic E-state index is 0.126. The third kappa shape index (κ3) is 3.23. The molecule has 2 saturated carbocycles. The highest BCUT2D eigenvalue weighted by Crippen LogP contribution is 2.36. The van der Waals surface area contributed by atoms with Crippen LogP contribution < -0.4 is 4.90 Å². The first-order valence-corrected chi connectivity index (χ1v) is 7.79. The van der Waals surface area contributed by atoms with E-state index in [2.05, 4.69) is 4.90 Å². The van der Waals surface area contributed by atoms with Gasteiger partial charge < -0.3 is 4.90 Å². The molecule has 20 heavy (non-hydrogen) atoms. The van der Waals surface area contributed by atoms with Crippen LogP contribution in [0.25, 0.3) is 0 Å². The van der Waals surface area contributed by atoms with Gasteiger partial charge in [-0.3, -0.25) is 10.1 Å². The van der Waals surface area contributed by atoms with Gasteiger partial charge in [-0.15, -0.1) is 11.6 Å². The summed E-state index contributed by atoms with van der Waals surface area (Å²) in [6.07, 6.45) is 5.26. The number of nitro groups is 1. The fourth-order valence-corrected chi connectivity index (χ4v) is 2.78. The van der Waals surface area contributed by atoms with Crippen LogP contribution in [0.2, 0.25) is 0 Å². The SMILES string of the molecule is O=[N+]([O-])c1ccc(N(CC2CC2)CC2CC2)cc1CCl. The van der Waals surface area contributed by atoms with Crippen LogP contribution in [0.1, 0.15) is 31.2 Å². The normalized spacial score (nSPS) is 18.1. The summed E-state index contributed by atoms with van der Waals surface area (Å²) >= 11 is 5.87. The Balaban J connectivity index is 1.82. The highest BCUT2D eigenvalue weighted by atomic mass is 35.5. The number of nitro benzene ring substituents is 1. The van der Waals surface area contributed by atoms with Crippen LogP contribution in [0.4, 0.5) is 11.4 Å². The zero-order chi connectivity index (χ0) is 14.1. The molecule has 0 aromatic heterocycles. The number of benzene rings is 1. The molecular formula is C15H19ClN2O2. The molecule has 0 bridgehead atoms. The molecule has 0 unspecified atom stereocenters. The van der Waals surface area contributed by atoms with Gasteiger partial charge in [-0.25, -0.2) is 0 Å². The number of nitrogens with zero attached hydrogens (tertiary/aromatic N) is 2. The lowest BCUT2D eigenvalue weighted by atomic mass is 10.1. The number of hydrogen-bond donors (Lipinski definition) is 0. The number of hydrogen-bond acceptors (Lipinski definition) is 3. The van der Waals surface area contributed by atoms with E-state index in [-0.39, 0.29) is 16.5 Å². The van der Waals surface area contributed by atoms with Crippen LogP contribution in [-0.2, 0) is 5.88 Å². The Morgan fingerprint density at radius 2 is 1.80 bits per heavy atom. The second kappa shape index (κ2) is 5.60. The van der Waals surface area contributed by atoms with Crippen LogP contribution in [0.15, 0.2) is 18.2 Å². The van der Waals surface area contributed by atoms with Gasteiger partial charge >= 0.3 is 0 Å². The summed E-state index contributed by atoms with van der Waals surface area (Å²) in [4.78, 5) is 13.0. The largest absolute Gasteiger partial charge is 0.371 e. The molecular weight excluding hydrogens is 276 g/mol. The Bertz CT molecular complexity index is 499. The second-order valence-corrected chi connectivity index (χ2v) is 6.26. The summed E-state index contributed by atoms with van der Waals surface area (Å²) in [5, 5.41) is 11.0. The Hall–Kier alpha value is -1.29. The summed E-state index contributed by atoms with van der Waals surface area (Å²) in [7, 11) is 0. The van der Waals surface area contributed by atoms with E-state index < -0.39 is 0 Å². The summed E-state index contributed by atoms with van der Waals surface area (Å²) in [5.41, 5.74) is 1.83. The third-order valence-electron chi connectivity index (χ3n) is 4.12. The average molecular weight is 295 g/mol. The molecule has 0 amide bonds. The van der Waals surface area contributed by atoms with Gasteiger partial charge in [-0.2, -0.15) is 0 Å². The van der Waals surface area contributed by atoms with Gasteiger partial charge in [0.15, 0.2) is 0 Å². The molecule has 0 saturated heterocycles. The number of halogens is 1. The van der Waals surface area contributed by atoms with Crippen molar-refractivity contribution in [3.63, 3.8) is 0 Å². The lowest BCUT2D eigenvalue weighted by Gasteiger charge is -2.25. The summed E-state index contributed by atoms with van der Waals surface area (Å²) in [6, 6.07) is 5.37. The van der Waals surface area contributed by atoms with Crippen molar-refractivity contribution in [2.75, 3.05) is 18.0 Å². The predicted molar refractivity (Wildman–Crippen MR) is 80.3 cm³/mol. The van der Waals surface area contributed by atoms with Crippen molar-refractivity contribution in [1.29, 1.82) is 0 Å².